The van der Waals surface area contributed by atoms with Crippen molar-refractivity contribution < 1.29 is 14.3 Å². The van der Waals surface area contributed by atoms with Gasteiger partial charge in [-0.25, -0.2) is 0 Å². The maximum Gasteiger partial charge on any atom is 0.252 e. The van der Waals surface area contributed by atoms with E-state index in [-0.39, 0.29) is 0 Å². The quantitative estimate of drug-likeness (QED) is 0.116. The van der Waals surface area contributed by atoms with Crippen LogP contribution in [0.1, 0.15) is 49.3 Å². The van der Waals surface area contributed by atoms with Crippen LogP contribution >= 0.6 is 0 Å². The maximum atomic E-state index is 12.3. The largest absolute Gasteiger partial charge is 0.496 e. The molecule has 2 N–H and O–H groups in total. The van der Waals surface area contributed by atoms with Crippen molar-refractivity contribution in [2.45, 2.75) is 19.8 Å². The number of carbonyl (C=O) groups is 1. The molecule has 0 bridgehead atoms. The Morgan fingerprint density at radius 2 is 1.16 bits per heavy atom. The third-order valence-electron chi connectivity index (χ3n) is 7.72. The number of nitrogens with two attached hydrogens (primary N) is 1. The molecule has 4 heteroatoms. The second kappa shape index (κ2) is 14.2. The van der Waals surface area contributed by atoms with Crippen molar-refractivity contribution in [1.29, 1.82) is 0 Å². The second-order valence-electron chi connectivity index (χ2n) is 10.7. The molecule has 0 heterocycles. The zero-order valence-corrected chi connectivity index (χ0v) is 25.8. The van der Waals surface area contributed by atoms with Crippen molar-refractivity contribution in [2.24, 2.45) is 5.73 Å². The van der Waals surface area contributed by atoms with E-state index < -0.39 is 5.91 Å². The molecule has 0 aliphatic rings. The van der Waals surface area contributed by atoms with Gasteiger partial charge in [-0.15, -0.1) is 13.2 Å². The van der Waals surface area contributed by atoms with E-state index in [1.807, 2.05) is 55.5 Å². The smallest absolute Gasteiger partial charge is 0.252 e. The van der Waals surface area contributed by atoms with Crippen LogP contribution in [0.5, 0.6) is 17.2 Å². The van der Waals surface area contributed by atoms with E-state index >= 15 is 0 Å². The predicted octanol–water partition coefficient (Wildman–Crippen LogP) is 9.36. The standard InChI is InChI=1S/C41H37NO3/c1-5-14-31-26-33(22-24-35(31)44-4)39(29-17-9-7-10-18-29)40(30-19-11-8-12-20-30)34-23-25-36(32(27-34)15-6-2)45-37-21-13-16-28(3)38(37)41(42)43/h5-13,16-27H,1-2,14-15H2,3-4H3,(H2,42,43)/b40-39-. The molecule has 5 aromatic carbocycles. The fourth-order valence-electron chi connectivity index (χ4n) is 5.68. The van der Waals surface area contributed by atoms with Gasteiger partial charge in [-0.05, 0) is 100 Å². The van der Waals surface area contributed by atoms with Crippen LogP contribution in [0.15, 0.2) is 141 Å². The number of primary amides is 1. The summed E-state index contributed by atoms with van der Waals surface area (Å²) in [6, 6.07) is 38.8. The Morgan fingerprint density at radius 1 is 0.644 bits per heavy atom. The number of benzene rings is 5. The average molecular weight is 592 g/mol. The van der Waals surface area contributed by atoms with E-state index in [0.29, 0.717) is 29.9 Å². The monoisotopic (exact) mass is 591 g/mol. The number of ether oxygens (including phenoxy) is 2. The Bertz CT molecular complexity index is 1870. The summed E-state index contributed by atoms with van der Waals surface area (Å²) < 4.78 is 12.1. The highest BCUT2D eigenvalue weighted by molar-refractivity contribution is 6.05. The number of hydrogen-bond donors (Lipinski definition) is 1. The van der Waals surface area contributed by atoms with Crippen LogP contribution in [0, 0.1) is 6.92 Å². The van der Waals surface area contributed by atoms with Gasteiger partial charge < -0.3 is 15.2 Å². The molecule has 0 saturated heterocycles. The minimum atomic E-state index is -0.526. The number of amides is 1. The molecule has 0 radical (unpaired) electrons. The lowest BCUT2D eigenvalue weighted by molar-refractivity contribution is 0.0997. The van der Waals surface area contributed by atoms with E-state index in [1.54, 1.807) is 13.2 Å². The van der Waals surface area contributed by atoms with Gasteiger partial charge in [0.15, 0.2) is 0 Å². The van der Waals surface area contributed by atoms with Crippen molar-refractivity contribution >= 4 is 17.1 Å². The number of aryl methyl sites for hydroxylation is 1. The minimum absolute atomic E-state index is 0.372. The number of rotatable bonds is 12. The van der Waals surface area contributed by atoms with Crippen LogP contribution in [0.2, 0.25) is 0 Å². The van der Waals surface area contributed by atoms with Gasteiger partial charge in [-0.1, -0.05) is 97.1 Å². The Hall–Kier alpha value is -5.61. The third kappa shape index (κ3) is 6.81. The van der Waals surface area contributed by atoms with Gasteiger partial charge in [0.25, 0.3) is 5.91 Å². The highest BCUT2D eigenvalue weighted by Crippen LogP contribution is 2.40. The third-order valence-corrected chi connectivity index (χ3v) is 7.72. The first-order valence-corrected chi connectivity index (χ1v) is 14.9. The highest BCUT2D eigenvalue weighted by atomic mass is 16.5. The summed E-state index contributed by atoms with van der Waals surface area (Å²) in [5, 5.41) is 0. The van der Waals surface area contributed by atoms with Crippen LogP contribution < -0.4 is 15.2 Å². The Kier molecular flexibility index (Phi) is 9.76. The molecule has 0 aliphatic heterocycles. The van der Waals surface area contributed by atoms with Crippen LogP contribution in [0.4, 0.5) is 0 Å². The summed E-state index contributed by atoms with van der Waals surface area (Å²) in [4.78, 5) is 12.3. The van der Waals surface area contributed by atoms with E-state index in [2.05, 4.69) is 86.0 Å². The highest BCUT2D eigenvalue weighted by Gasteiger charge is 2.20. The molecule has 224 valence electrons. The molecule has 0 spiro atoms. The van der Waals surface area contributed by atoms with Crippen LogP contribution in [0.3, 0.4) is 0 Å². The fraction of sp³-hybridized carbons (Fsp3) is 0.0976. The van der Waals surface area contributed by atoms with Gasteiger partial charge in [0.2, 0.25) is 0 Å². The molecular formula is C41H37NO3. The lowest BCUT2D eigenvalue weighted by Crippen LogP contribution is -2.14. The molecule has 5 rings (SSSR count). The fourth-order valence-corrected chi connectivity index (χ4v) is 5.68. The molecule has 0 fully saturated rings. The zero-order valence-electron chi connectivity index (χ0n) is 25.8. The maximum absolute atomic E-state index is 12.3. The summed E-state index contributed by atoms with van der Waals surface area (Å²) in [7, 11) is 1.69. The normalized spacial score (nSPS) is 11.3. The van der Waals surface area contributed by atoms with Crippen molar-refractivity contribution in [2.75, 3.05) is 7.11 Å². The molecule has 5 aromatic rings. The van der Waals surface area contributed by atoms with E-state index in [1.165, 1.54) is 0 Å². The first-order chi connectivity index (χ1) is 21.9. The molecule has 1 amide bonds. The first kappa shape index (κ1) is 30.8. The first-order valence-electron chi connectivity index (χ1n) is 14.9. The lowest BCUT2D eigenvalue weighted by Gasteiger charge is -2.21. The van der Waals surface area contributed by atoms with Crippen LogP contribution in [-0.4, -0.2) is 13.0 Å². The van der Waals surface area contributed by atoms with Crippen molar-refractivity contribution in [3.05, 3.63) is 185 Å². The van der Waals surface area contributed by atoms with E-state index in [0.717, 1.165) is 55.8 Å². The zero-order chi connectivity index (χ0) is 31.8. The molecule has 45 heavy (non-hydrogen) atoms. The summed E-state index contributed by atoms with van der Waals surface area (Å²) >= 11 is 0. The molecule has 0 aromatic heterocycles. The van der Waals surface area contributed by atoms with E-state index in [9.17, 15) is 4.79 Å². The SMILES string of the molecule is C=CCc1cc(/C(=C(/c2ccccc2)c2ccc(Oc3cccc(C)c3C(N)=O)c(CC=C)c2)c2ccccc2)ccc1OC. The van der Waals surface area contributed by atoms with Gasteiger partial charge in [0.1, 0.15) is 17.2 Å². The topological polar surface area (TPSA) is 61.5 Å². The molecule has 0 aliphatic carbocycles. The summed E-state index contributed by atoms with van der Waals surface area (Å²) in [6.07, 6.45) is 4.99. The number of allylic oxidation sites excluding steroid dienone is 2. The van der Waals surface area contributed by atoms with Crippen LogP contribution in [0.25, 0.3) is 11.1 Å². The van der Waals surface area contributed by atoms with Crippen molar-refractivity contribution in [3.63, 3.8) is 0 Å². The van der Waals surface area contributed by atoms with Gasteiger partial charge in [-0.2, -0.15) is 0 Å². The lowest BCUT2D eigenvalue weighted by atomic mass is 9.84. The van der Waals surface area contributed by atoms with Gasteiger partial charge in [0, 0.05) is 0 Å². The van der Waals surface area contributed by atoms with Crippen molar-refractivity contribution in [3.8, 4) is 17.2 Å². The minimum Gasteiger partial charge on any atom is -0.496 e. The molecule has 0 atom stereocenters. The summed E-state index contributed by atoms with van der Waals surface area (Å²) in [5.41, 5.74) is 15.3. The number of methoxy groups -OCH3 is 1. The van der Waals surface area contributed by atoms with E-state index in [4.69, 9.17) is 15.2 Å². The molecule has 4 nitrogen and oxygen atoms in total. The van der Waals surface area contributed by atoms with Gasteiger partial charge in [0.05, 0.1) is 12.7 Å². The summed E-state index contributed by atoms with van der Waals surface area (Å²) in [6.45, 7) is 9.82. The van der Waals surface area contributed by atoms with Crippen molar-refractivity contribution in [1.82, 2.24) is 0 Å². The molecular weight excluding hydrogens is 554 g/mol. The Labute approximate surface area is 265 Å². The van der Waals surface area contributed by atoms with Gasteiger partial charge in [-0.3, -0.25) is 4.79 Å². The average Bonchev–Trinajstić information content (AvgIpc) is 3.05. The Morgan fingerprint density at radius 3 is 1.64 bits per heavy atom. The summed E-state index contributed by atoms with van der Waals surface area (Å²) in [5.74, 6) is 1.37. The number of hydrogen-bond acceptors (Lipinski definition) is 3. The molecule has 0 unspecified atom stereocenters. The number of carbonyl (C=O) groups excluding carboxylic acids is 1. The predicted molar refractivity (Wildman–Crippen MR) is 185 cm³/mol. The molecule has 0 saturated carbocycles. The Balaban J connectivity index is 1.78. The second-order valence-corrected chi connectivity index (χ2v) is 10.7. The van der Waals surface area contributed by atoms with Gasteiger partial charge >= 0.3 is 0 Å². The van der Waals surface area contributed by atoms with Crippen LogP contribution in [-0.2, 0) is 12.8 Å².